The summed E-state index contributed by atoms with van der Waals surface area (Å²) in [4.78, 5) is 0. The van der Waals surface area contributed by atoms with Crippen molar-refractivity contribution in [3.63, 3.8) is 0 Å². The van der Waals surface area contributed by atoms with E-state index >= 15 is 0 Å². The Kier molecular flexibility index (Phi) is 7.17. The molecular weight excluding hydrogens is 179 g/mol. The first-order valence-corrected chi connectivity index (χ1v) is 5.25. The average molecular weight is 200 g/mol. The van der Waals surface area contributed by atoms with Crippen LogP contribution in [0.4, 0.5) is 4.39 Å². The van der Waals surface area contributed by atoms with Crippen molar-refractivity contribution in [2.45, 2.75) is 53.1 Å². The number of ether oxygens (including phenoxy) is 1. The molecule has 0 aliphatic heterocycles. The molecule has 0 aromatic heterocycles. The molecule has 0 amide bonds. The monoisotopic (exact) mass is 200 g/mol. The summed E-state index contributed by atoms with van der Waals surface area (Å²) in [6.07, 6.45) is 6.23. The van der Waals surface area contributed by atoms with E-state index in [1.165, 1.54) is 6.92 Å². The van der Waals surface area contributed by atoms with Crippen molar-refractivity contribution in [2.75, 3.05) is 0 Å². The first kappa shape index (κ1) is 13.2. The second-order valence-corrected chi connectivity index (χ2v) is 3.40. The van der Waals surface area contributed by atoms with E-state index in [2.05, 4.69) is 6.92 Å². The predicted molar refractivity (Wildman–Crippen MR) is 58.7 cm³/mol. The van der Waals surface area contributed by atoms with Gasteiger partial charge in [0.15, 0.2) is 0 Å². The van der Waals surface area contributed by atoms with Gasteiger partial charge in [-0.2, -0.15) is 0 Å². The molecule has 0 aliphatic rings. The van der Waals surface area contributed by atoms with Gasteiger partial charge in [0.2, 0.25) is 0 Å². The van der Waals surface area contributed by atoms with Gasteiger partial charge < -0.3 is 4.74 Å². The zero-order valence-electron chi connectivity index (χ0n) is 9.64. The summed E-state index contributed by atoms with van der Waals surface area (Å²) >= 11 is 0. The number of rotatable bonds is 6. The Morgan fingerprint density at radius 3 is 2.36 bits per heavy atom. The number of hydrogen-bond donors (Lipinski definition) is 0. The molecule has 82 valence electrons. The normalized spacial score (nSPS) is 15.5. The van der Waals surface area contributed by atoms with Crippen molar-refractivity contribution in [1.29, 1.82) is 0 Å². The molecule has 0 radical (unpaired) electrons. The Balaban J connectivity index is 4.03. The first-order valence-electron chi connectivity index (χ1n) is 5.25. The molecule has 0 N–H and O–H groups in total. The summed E-state index contributed by atoms with van der Waals surface area (Å²) < 4.78 is 18.1. The van der Waals surface area contributed by atoms with Crippen molar-refractivity contribution >= 4 is 0 Å². The summed E-state index contributed by atoms with van der Waals surface area (Å²) in [6, 6.07) is 0. The SMILES string of the molecule is CCC=C(C)OC(CC)CC=C(C)F. The van der Waals surface area contributed by atoms with Gasteiger partial charge in [0, 0.05) is 6.42 Å². The summed E-state index contributed by atoms with van der Waals surface area (Å²) in [5.74, 6) is 0.799. The van der Waals surface area contributed by atoms with Crippen LogP contribution in [0.15, 0.2) is 23.7 Å². The van der Waals surface area contributed by atoms with Gasteiger partial charge in [-0.05, 0) is 38.8 Å². The van der Waals surface area contributed by atoms with Crippen LogP contribution in [0, 0.1) is 0 Å². The van der Waals surface area contributed by atoms with Crippen molar-refractivity contribution in [3.05, 3.63) is 23.7 Å². The molecule has 1 nitrogen and oxygen atoms in total. The topological polar surface area (TPSA) is 9.23 Å². The minimum Gasteiger partial charge on any atom is -0.495 e. The highest BCUT2D eigenvalue weighted by Crippen LogP contribution is 2.12. The Morgan fingerprint density at radius 2 is 1.93 bits per heavy atom. The van der Waals surface area contributed by atoms with Crippen LogP contribution in [0.3, 0.4) is 0 Å². The lowest BCUT2D eigenvalue weighted by molar-refractivity contribution is 0.115. The van der Waals surface area contributed by atoms with E-state index in [0.29, 0.717) is 6.42 Å². The van der Waals surface area contributed by atoms with Gasteiger partial charge >= 0.3 is 0 Å². The molecular formula is C12H21FO. The van der Waals surface area contributed by atoms with Crippen molar-refractivity contribution in [1.82, 2.24) is 0 Å². The zero-order chi connectivity index (χ0) is 11.0. The molecule has 0 fully saturated rings. The molecule has 0 bridgehead atoms. The smallest absolute Gasteiger partial charge is 0.101 e. The largest absolute Gasteiger partial charge is 0.495 e. The fraction of sp³-hybridized carbons (Fsp3) is 0.667. The Labute approximate surface area is 86.7 Å². The number of allylic oxidation sites excluding steroid dienone is 3. The molecule has 2 heteroatoms. The van der Waals surface area contributed by atoms with E-state index in [4.69, 9.17) is 4.74 Å². The lowest BCUT2D eigenvalue weighted by Crippen LogP contribution is -2.09. The molecule has 0 saturated carbocycles. The van der Waals surface area contributed by atoms with E-state index < -0.39 is 0 Å². The fourth-order valence-electron chi connectivity index (χ4n) is 1.19. The van der Waals surface area contributed by atoms with Gasteiger partial charge in [0.25, 0.3) is 0 Å². The van der Waals surface area contributed by atoms with Crippen LogP contribution >= 0.6 is 0 Å². The van der Waals surface area contributed by atoms with Gasteiger partial charge in [0.1, 0.15) is 6.10 Å². The van der Waals surface area contributed by atoms with Gasteiger partial charge in [-0.25, -0.2) is 4.39 Å². The fourth-order valence-corrected chi connectivity index (χ4v) is 1.19. The lowest BCUT2D eigenvalue weighted by Gasteiger charge is -2.16. The minimum absolute atomic E-state index is 0.100. The molecule has 0 rings (SSSR count). The molecule has 0 aromatic rings. The summed E-state index contributed by atoms with van der Waals surface area (Å²) in [5.41, 5.74) is 0. The third-order valence-electron chi connectivity index (χ3n) is 1.96. The quantitative estimate of drug-likeness (QED) is 0.579. The highest BCUT2D eigenvalue weighted by atomic mass is 19.1. The highest BCUT2D eigenvalue weighted by molar-refractivity contribution is 4.92. The van der Waals surface area contributed by atoms with E-state index in [1.54, 1.807) is 6.08 Å². The molecule has 0 aliphatic carbocycles. The predicted octanol–water partition coefficient (Wildman–Crippen LogP) is 4.36. The molecule has 0 saturated heterocycles. The zero-order valence-corrected chi connectivity index (χ0v) is 9.64. The maximum absolute atomic E-state index is 12.5. The molecule has 0 aromatic carbocycles. The number of halogens is 1. The van der Waals surface area contributed by atoms with Gasteiger partial charge in [-0.1, -0.05) is 13.8 Å². The van der Waals surface area contributed by atoms with Crippen LogP contribution in [-0.4, -0.2) is 6.10 Å². The van der Waals surface area contributed by atoms with Crippen LogP contribution in [-0.2, 0) is 4.74 Å². The second-order valence-electron chi connectivity index (χ2n) is 3.40. The Bertz CT molecular complexity index is 202. The van der Waals surface area contributed by atoms with E-state index in [-0.39, 0.29) is 11.9 Å². The van der Waals surface area contributed by atoms with Crippen molar-refractivity contribution in [2.24, 2.45) is 0 Å². The van der Waals surface area contributed by atoms with E-state index in [9.17, 15) is 4.39 Å². The highest BCUT2D eigenvalue weighted by Gasteiger charge is 2.05. The Morgan fingerprint density at radius 1 is 1.29 bits per heavy atom. The third kappa shape index (κ3) is 6.70. The maximum Gasteiger partial charge on any atom is 0.101 e. The first-order chi connectivity index (χ1) is 6.60. The molecule has 0 heterocycles. The average Bonchev–Trinajstić information content (AvgIpc) is 2.12. The summed E-state index contributed by atoms with van der Waals surface area (Å²) in [7, 11) is 0. The van der Waals surface area contributed by atoms with E-state index in [1.807, 2.05) is 19.9 Å². The standard InChI is InChI=1S/C12H21FO/c1-5-7-11(4)14-12(6-2)9-8-10(3)13/h7-8,12H,5-6,9H2,1-4H3. The minimum atomic E-state index is -0.135. The summed E-state index contributed by atoms with van der Waals surface area (Å²) in [6.45, 7) is 7.52. The lowest BCUT2D eigenvalue weighted by atomic mass is 10.2. The van der Waals surface area contributed by atoms with Crippen LogP contribution < -0.4 is 0 Å². The Hall–Kier alpha value is -0.790. The van der Waals surface area contributed by atoms with Crippen LogP contribution in [0.1, 0.15) is 47.0 Å². The second kappa shape index (κ2) is 7.60. The van der Waals surface area contributed by atoms with Crippen LogP contribution in [0.25, 0.3) is 0 Å². The molecule has 0 spiro atoms. The van der Waals surface area contributed by atoms with Crippen LogP contribution in [0.2, 0.25) is 0 Å². The maximum atomic E-state index is 12.5. The molecule has 14 heavy (non-hydrogen) atoms. The number of hydrogen-bond acceptors (Lipinski definition) is 1. The van der Waals surface area contributed by atoms with Crippen molar-refractivity contribution < 1.29 is 9.13 Å². The van der Waals surface area contributed by atoms with Crippen LogP contribution in [0.5, 0.6) is 0 Å². The van der Waals surface area contributed by atoms with Gasteiger partial charge in [-0.3, -0.25) is 0 Å². The third-order valence-corrected chi connectivity index (χ3v) is 1.96. The van der Waals surface area contributed by atoms with E-state index in [0.717, 1.165) is 18.6 Å². The molecule has 1 atom stereocenters. The molecule has 1 unspecified atom stereocenters. The van der Waals surface area contributed by atoms with Gasteiger partial charge in [0.05, 0.1) is 11.6 Å². The van der Waals surface area contributed by atoms with Crippen molar-refractivity contribution in [3.8, 4) is 0 Å². The summed E-state index contributed by atoms with van der Waals surface area (Å²) in [5, 5.41) is 0. The van der Waals surface area contributed by atoms with Gasteiger partial charge in [-0.15, -0.1) is 0 Å².